The average molecular weight is 441 g/mol. The molecule has 0 aliphatic carbocycles. The molecule has 0 aromatic heterocycles. The first-order chi connectivity index (χ1) is 13.6. The molecule has 0 saturated carbocycles. The van der Waals surface area contributed by atoms with E-state index in [2.05, 4.69) is 50.4 Å². The van der Waals surface area contributed by atoms with Crippen molar-refractivity contribution in [1.82, 2.24) is 10.2 Å². The van der Waals surface area contributed by atoms with Gasteiger partial charge in [0.25, 0.3) is 0 Å². The van der Waals surface area contributed by atoms with E-state index in [0.717, 1.165) is 42.5 Å². The molecule has 0 bridgehead atoms. The van der Waals surface area contributed by atoms with Crippen LogP contribution in [-0.4, -0.2) is 29.8 Å². The standard InChI is InChI=1S/C23H25BrN2O2/c24-20-8-6-17(7-9-20)16-26-14-11-19(12-15-26)23(18-4-2-1-3-5-18)13-10-21(27)25-22(23)28/h1-9,19H,10-16H2,(H,25,27,28)/t23-/m1/s1. The summed E-state index contributed by atoms with van der Waals surface area (Å²) in [5.74, 6) is -0.00490. The molecular formula is C23H25BrN2O2. The minimum atomic E-state index is -0.584. The summed E-state index contributed by atoms with van der Waals surface area (Å²) in [6.07, 6.45) is 2.96. The normalized spacial score (nSPS) is 24.2. The number of carbonyl (C=O) groups is 2. The van der Waals surface area contributed by atoms with Gasteiger partial charge in [0.05, 0.1) is 5.41 Å². The molecule has 0 unspecified atom stereocenters. The van der Waals surface area contributed by atoms with Gasteiger partial charge in [-0.3, -0.25) is 19.8 Å². The molecule has 4 nitrogen and oxygen atoms in total. The van der Waals surface area contributed by atoms with Crippen LogP contribution in [0.15, 0.2) is 59.1 Å². The molecule has 0 radical (unpaired) electrons. The van der Waals surface area contributed by atoms with Gasteiger partial charge in [0.2, 0.25) is 11.8 Å². The molecular weight excluding hydrogens is 416 g/mol. The van der Waals surface area contributed by atoms with Gasteiger partial charge in [0.1, 0.15) is 0 Å². The first kappa shape index (κ1) is 19.3. The summed E-state index contributed by atoms with van der Waals surface area (Å²) in [5, 5.41) is 2.63. The van der Waals surface area contributed by atoms with Gasteiger partial charge in [-0.05, 0) is 61.5 Å². The van der Waals surface area contributed by atoms with Crippen molar-refractivity contribution in [3.63, 3.8) is 0 Å². The van der Waals surface area contributed by atoms with Gasteiger partial charge in [-0.15, -0.1) is 0 Å². The highest BCUT2D eigenvalue weighted by Gasteiger charge is 2.50. The smallest absolute Gasteiger partial charge is 0.237 e. The van der Waals surface area contributed by atoms with Crippen LogP contribution in [0.3, 0.4) is 0 Å². The molecule has 28 heavy (non-hydrogen) atoms. The Labute approximate surface area is 174 Å². The fraction of sp³-hybridized carbons (Fsp3) is 0.391. The fourth-order valence-electron chi connectivity index (χ4n) is 4.79. The molecule has 0 spiro atoms. The van der Waals surface area contributed by atoms with Crippen molar-refractivity contribution in [2.45, 2.75) is 37.6 Å². The van der Waals surface area contributed by atoms with Gasteiger partial charge in [-0.2, -0.15) is 0 Å². The van der Waals surface area contributed by atoms with Crippen LogP contribution in [-0.2, 0) is 21.5 Å². The van der Waals surface area contributed by atoms with E-state index in [4.69, 9.17) is 0 Å². The number of carbonyl (C=O) groups excluding carboxylic acids is 2. The topological polar surface area (TPSA) is 49.4 Å². The monoisotopic (exact) mass is 440 g/mol. The second kappa shape index (κ2) is 8.18. The largest absolute Gasteiger partial charge is 0.299 e. The van der Waals surface area contributed by atoms with Crippen LogP contribution in [0, 0.1) is 5.92 Å². The molecule has 5 heteroatoms. The number of likely N-dealkylation sites (tertiary alicyclic amines) is 1. The number of rotatable bonds is 4. The van der Waals surface area contributed by atoms with E-state index >= 15 is 0 Å². The lowest BCUT2D eigenvalue weighted by molar-refractivity contribution is -0.140. The Morgan fingerprint density at radius 2 is 1.68 bits per heavy atom. The van der Waals surface area contributed by atoms with Crippen molar-refractivity contribution in [2.24, 2.45) is 5.92 Å². The third-order valence-electron chi connectivity index (χ3n) is 6.30. The predicted octanol–water partition coefficient (Wildman–Crippen LogP) is 4.04. The van der Waals surface area contributed by atoms with Gasteiger partial charge >= 0.3 is 0 Å². The maximum atomic E-state index is 13.1. The predicted molar refractivity (Wildman–Crippen MR) is 113 cm³/mol. The molecule has 1 atom stereocenters. The number of hydrogen-bond acceptors (Lipinski definition) is 3. The first-order valence-corrected chi connectivity index (χ1v) is 10.7. The van der Waals surface area contributed by atoms with Crippen molar-refractivity contribution in [3.05, 3.63) is 70.2 Å². The second-order valence-electron chi connectivity index (χ2n) is 7.89. The Kier molecular flexibility index (Phi) is 5.65. The van der Waals surface area contributed by atoms with Crippen LogP contribution >= 0.6 is 15.9 Å². The lowest BCUT2D eigenvalue weighted by atomic mass is 9.62. The molecule has 2 aromatic carbocycles. The molecule has 2 aliphatic rings. The number of nitrogens with zero attached hydrogens (tertiary/aromatic N) is 1. The van der Waals surface area contributed by atoms with Crippen molar-refractivity contribution in [2.75, 3.05) is 13.1 Å². The maximum absolute atomic E-state index is 13.1. The molecule has 146 valence electrons. The molecule has 2 aliphatic heterocycles. The van der Waals surface area contributed by atoms with E-state index < -0.39 is 5.41 Å². The van der Waals surface area contributed by atoms with Crippen molar-refractivity contribution >= 4 is 27.7 Å². The molecule has 4 rings (SSSR count). The summed E-state index contributed by atoms with van der Waals surface area (Å²) >= 11 is 3.49. The minimum Gasteiger partial charge on any atom is -0.299 e. The van der Waals surface area contributed by atoms with Gasteiger partial charge < -0.3 is 0 Å². The fourth-order valence-corrected chi connectivity index (χ4v) is 5.06. The number of hydrogen-bond donors (Lipinski definition) is 1. The number of piperidine rings is 2. The second-order valence-corrected chi connectivity index (χ2v) is 8.81. The van der Waals surface area contributed by atoms with Crippen molar-refractivity contribution < 1.29 is 9.59 Å². The van der Waals surface area contributed by atoms with Gasteiger partial charge in [-0.1, -0.05) is 58.4 Å². The number of nitrogens with one attached hydrogen (secondary N) is 1. The van der Waals surface area contributed by atoms with E-state index in [1.807, 2.05) is 30.3 Å². The van der Waals surface area contributed by atoms with Gasteiger partial charge in [0, 0.05) is 17.4 Å². The Hall–Kier alpha value is -1.98. The Morgan fingerprint density at radius 3 is 2.32 bits per heavy atom. The summed E-state index contributed by atoms with van der Waals surface area (Å²) in [5.41, 5.74) is 1.77. The van der Waals surface area contributed by atoms with E-state index in [0.29, 0.717) is 12.8 Å². The van der Waals surface area contributed by atoms with Crippen LogP contribution in [0.4, 0.5) is 0 Å². The first-order valence-electron chi connectivity index (χ1n) is 9.94. The molecule has 2 fully saturated rings. The Balaban J connectivity index is 1.51. The van der Waals surface area contributed by atoms with E-state index in [1.54, 1.807) is 0 Å². The summed E-state index contributed by atoms with van der Waals surface area (Å²) in [6.45, 7) is 2.87. The number of halogens is 1. The number of imide groups is 1. The van der Waals surface area contributed by atoms with Crippen molar-refractivity contribution in [3.8, 4) is 0 Å². The maximum Gasteiger partial charge on any atom is 0.237 e. The highest BCUT2D eigenvalue weighted by Crippen LogP contribution is 2.44. The lowest BCUT2D eigenvalue weighted by Gasteiger charge is -2.45. The summed E-state index contributed by atoms with van der Waals surface area (Å²) in [4.78, 5) is 27.4. The third-order valence-corrected chi connectivity index (χ3v) is 6.83. The van der Waals surface area contributed by atoms with Crippen LogP contribution < -0.4 is 5.32 Å². The summed E-state index contributed by atoms with van der Waals surface area (Å²) < 4.78 is 1.10. The minimum absolute atomic E-state index is 0.110. The summed E-state index contributed by atoms with van der Waals surface area (Å²) in [6, 6.07) is 18.5. The SMILES string of the molecule is O=C1CC[C@@](c2ccccc2)(C2CCN(Cc3ccc(Br)cc3)CC2)C(=O)N1. The zero-order valence-corrected chi connectivity index (χ0v) is 17.5. The zero-order chi connectivity index (χ0) is 19.6. The molecule has 2 heterocycles. The number of amides is 2. The molecule has 2 amide bonds. The van der Waals surface area contributed by atoms with Crippen LogP contribution in [0.2, 0.25) is 0 Å². The average Bonchev–Trinajstić information content (AvgIpc) is 2.72. The van der Waals surface area contributed by atoms with Crippen LogP contribution in [0.1, 0.15) is 36.8 Å². The van der Waals surface area contributed by atoms with E-state index in [9.17, 15) is 9.59 Å². The highest BCUT2D eigenvalue weighted by atomic mass is 79.9. The van der Waals surface area contributed by atoms with E-state index in [1.165, 1.54) is 5.56 Å². The Bertz CT molecular complexity index is 845. The molecule has 2 aromatic rings. The third kappa shape index (κ3) is 3.78. The van der Waals surface area contributed by atoms with E-state index in [-0.39, 0.29) is 17.7 Å². The van der Waals surface area contributed by atoms with Crippen LogP contribution in [0.25, 0.3) is 0 Å². The quantitative estimate of drug-likeness (QED) is 0.729. The van der Waals surface area contributed by atoms with Crippen molar-refractivity contribution in [1.29, 1.82) is 0 Å². The van der Waals surface area contributed by atoms with Gasteiger partial charge in [0.15, 0.2) is 0 Å². The molecule has 2 saturated heterocycles. The Morgan fingerprint density at radius 1 is 1.00 bits per heavy atom. The van der Waals surface area contributed by atoms with Crippen LogP contribution in [0.5, 0.6) is 0 Å². The zero-order valence-electron chi connectivity index (χ0n) is 15.9. The lowest BCUT2D eigenvalue weighted by Crippen LogP contribution is -2.57. The highest BCUT2D eigenvalue weighted by molar-refractivity contribution is 9.10. The molecule has 1 N–H and O–H groups in total. The van der Waals surface area contributed by atoms with Gasteiger partial charge in [-0.25, -0.2) is 0 Å². The summed E-state index contributed by atoms with van der Waals surface area (Å²) in [7, 11) is 0. The number of benzene rings is 2.